The molecule has 1 aliphatic carbocycles. The first kappa shape index (κ1) is 10.4. The van der Waals surface area contributed by atoms with E-state index in [1.165, 1.54) is 0 Å². The zero-order valence-electron chi connectivity index (χ0n) is 9.68. The molecule has 4 heteroatoms. The second-order valence-electron chi connectivity index (χ2n) is 4.58. The Kier molecular flexibility index (Phi) is 2.24. The van der Waals surface area contributed by atoms with Crippen molar-refractivity contribution < 1.29 is 14.3 Å². The van der Waals surface area contributed by atoms with Crippen molar-refractivity contribution in [1.29, 1.82) is 0 Å². The fourth-order valence-electron chi connectivity index (χ4n) is 2.70. The van der Waals surface area contributed by atoms with Crippen LogP contribution < -0.4 is 10.5 Å². The molecule has 0 spiro atoms. The topological polar surface area (TPSA) is 61.5 Å². The van der Waals surface area contributed by atoms with Gasteiger partial charge in [0.05, 0.1) is 19.1 Å². The van der Waals surface area contributed by atoms with E-state index in [1.54, 1.807) is 0 Å². The number of carbonyl (C=O) groups is 1. The van der Waals surface area contributed by atoms with Crippen molar-refractivity contribution in [2.75, 3.05) is 18.9 Å². The molecule has 0 saturated heterocycles. The second kappa shape index (κ2) is 3.65. The summed E-state index contributed by atoms with van der Waals surface area (Å²) in [6.45, 7) is 2.85. The first-order chi connectivity index (χ1) is 8.22. The number of hydrogen-bond acceptors (Lipinski definition) is 4. The van der Waals surface area contributed by atoms with Gasteiger partial charge in [0.1, 0.15) is 5.75 Å². The molecule has 0 bridgehead atoms. The zero-order chi connectivity index (χ0) is 12.0. The summed E-state index contributed by atoms with van der Waals surface area (Å²) in [5, 5.41) is 0. The van der Waals surface area contributed by atoms with E-state index < -0.39 is 0 Å². The highest BCUT2D eigenvalue weighted by molar-refractivity contribution is 5.79. The standard InChI is InChI=1S/C13H15NO3/c1-2-16-13(15)12-9-6-17-10-5-7(14)3-4-8(10)11(9)12/h3-5,9,11-12H,2,6,14H2,1H3/t9-,11+,12-/m1/s1. The quantitative estimate of drug-likeness (QED) is 0.622. The molecular formula is C13H15NO3. The predicted molar refractivity (Wildman–Crippen MR) is 62.7 cm³/mol. The fourth-order valence-corrected chi connectivity index (χ4v) is 2.70. The molecule has 1 heterocycles. The van der Waals surface area contributed by atoms with Gasteiger partial charge in [-0.15, -0.1) is 0 Å². The molecule has 1 saturated carbocycles. The molecule has 0 radical (unpaired) electrons. The first-order valence-electron chi connectivity index (χ1n) is 5.91. The molecule has 4 nitrogen and oxygen atoms in total. The van der Waals surface area contributed by atoms with Crippen molar-refractivity contribution in [2.45, 2.75) is 12.8 Å². The molecule has 1 fully saturated rings. The molecular weight excluding hydrogens is 218 g/mol. The van der Waals surface area contributed by atoms with Crippen LogP contribution in [0, 0.1) is 11.8 Å². The van der Waals surface area contributed by atoms with Crippen LogP contribution in [0.5, 0.6) is 5.75 Å². The third-order valence-corrected chi connectivity index (χ3v) is 3.56. The van der Waals surface area contributed by atoms with E-state index in [2.05, 4.69) is 0 Å². The maximum atomic E-state index is 11.7. The van der Waals surface area contributed by atoms with Gasteiger partial charge in [0.2, 0.25) is 0 Å². The summed E-state index contributed by atoms with van der Waals surface area (Å²) < 4.78 is 10.7. The van der Waals surface area contributed by atoms with E-state index in [0.717, 1.165) is 11.3 Å². The predicted octanol–water partition coefficient (Wildman–Crippen LogP) is 1.55. The number of carbonyl (C=O) groups excluding carboxylic acids is 1. The Morgan fingerprint density at radius 3 is 3.18 bits per heavy atom. The van der Waals surface area contributed by atoms with Crippen molar-refractivity contribution in [3.8, 4) is 5.75 Å². The van der Waals surface area contributed by atoms with Crippen LogP contribution in [0.1, 0.15) is 18.4 Å². The minimum Gasteiger partial charge on any atom is -0.493 e. The fraction of sp³-hybridized carbons (Fsp3) is 0.462. The maximum Gasteiger partial charge on any atom is 0.309 e. The van der Waals surface area contributed by atoms with Crippen molar-refractivity contribution in [1.82, 2.24) is 0 Å². The third-order valence-electron chi connectivity index (χ3n) is 3.56. The molecule has 2 N–H and O–H groups in total. The van der Waals surface area contributed by atoms with Crippen LogP contribution in [0.4, 0.5) is 5.69 Å². The van der Waals surface area contributed by atoms with Crippen molar-refractivity contribution in [3.05, 3.63) is 23.8 Å². The molecule has 0 amide bonds. The third kappa shape index (κ3) is 1.55. The summed E-state index contributed by atoms with van der Waals surface area (Å²) in [4.78, 5) is 11.7. The lowest BCUT2D eigenvalue weighted by molar-refractivity contribution is -0.145. The first-order valence-corrected chi connectivity index (χ1v) is 5.91. The molecule has 0 aromatic heterocycles. The largest absolute Gasteiger partial charge is 0.493 e. The van der Waals surface area contributed by atoms with Crippen LogP contribution in [0.25, 0.3) is 0 Å². The molecule has 1 aromatic rings. The van der Waals surface area contributed by atoms with Crippen LogP contribution in [-0.4, -0.2) is 19.2 Å². The Labute approximate surface area is 99.7 Å². The SMILES string of the molecule is CCOC(=O)[C@@H]1[C@@H]2COc3cc(N)ccc3[C@@H]21. The van der Waals surface area contributed by atoms with Gasteiger partial charge >= 0.3 is 5.97 Å². The van der Waals surface area contributed by atoms with Crippen LogP contribution in [0.2, 0.25) is 0 Å². The van der Waals surface area contributed by atoms with Crippen LogP contribution >= 0.6 is 0 Å². The molecule has 3 rings (SSSR count). The number of ether oxygens (including phenoxy) is 2. The smallest absolute Gasteiger partial charge is 0.309 e. The number of nitrogens with two attached hydrogens (primary N) is 1. The molecule has 17 heavy (non-hydrogen) atoms. The van der Waals surface area contributed by atoms with Gasteiger partial charge in [-0.2, -0.15) is 0 Å². The van der Waals surface area contributed by atoms with Gasteiger partial charge in [-0.3, -0.25) is 4.79 Å². The summed E-state index contributed by atoms with van der Waals surface area (Å²) in [7, 11) is 0. The van der Waals surface area contributed by atoms with E-state index in [0.29, 0.717) is 18.9 Å². The number of fused-ring (bicyclic) bond motifs is 3. The van der Waals surface area contributed by atoms with Crippen LogP contribution in [0.3, 0.4) is 0 Å². The van der Waals surface area contributed by atoms with Gasteiger partial charge in [0, 0.05) is 23.6 Å². The van der Waals surface area contributed by atoms with Gasteiger partial charge in [-0.05, 0) is 18.6 Å². The highest BCUT2D eigenvalue weighted by Crippen LogP contribution is 2.59. The number of hydrogen-bond donors (Lipinski definition) is 1. The Balaban J connectivity index is 1.86. The van der Waals surface area contributed by atoms with E-state index in [9.17, 15) is 4.79 Å². The lowest BCUT2D eigenvalue weighted by atomic mass is 10.0. The Morgan fingerprint density at radius 2 is 2.41 bits per heavy atom. The van der Waals surface area contributed by atoms with Crippen molar-refractivity contribution in [2.24, 2.45) is 11.8 Å². The summed E-state index contributed by atoms with van der Waals surface area (Å²) in [6.07, 6.45) is 0. The maximum absolute atomic E-state index is 11.7. The zero-order valence-corrected chi connectivity index (χ0v) is 9.68. The number of anilines is 1. The highest BCUT2D eigenvalue weighted by atomic mass is 16.5. The minimum atomic E-state index is -0.101. The van der Waals surface area contributed by atoms with Gasteiger partial charge in [-0.1, -0.05) is 6.07 Å². The van der Waals surface area contributed by atoms with E-state index in [-0.39, 0.29) is 23.7 Å². The highest BCUT2D eigenvalue weighted by Gasteiger charge is 2.59. The van der Waals surface area contributed by atoms with Crippen LogP contribution in [-0.2, 0) is 9.53 Å². The normalized spacial score (nSPS) is 28.6. The molecule has 0 unspecified atom stereocenters. The van der Waals surface area contributed by atoms with Crippen molar-refractivity contribution >= 4 is 11.7 Å². The number of esters is 1. The van der Waals surface area contributed by atoms with Gasteiger partial charge in [0.15, 0.2) is 0 Å². The van der Waals surface area contributed by atoms with Gasteiger partial charge in [-0.25, -0.2) is 0 Å². The van der Waals surface area contributed by atoms with E-state index >= 15 is 0 Å². The monoisotopic (exact) mass is 233 g/mol. The van der Waals surface area contributed by atoms with Gasteiger partial charge < -0.3 is 15.2 Å². The molecule has 90 valence electrons. The lowest BCUT2D eigenvalue weighted by Gasteiger charge is -2.16. The number of rotatable bonds is 2. The Hall–Kier alpha value is -1.71. The summed E-state index contributed by atoms with van der Waals surface area (Å²) >= 11 is 0. The summed E-state index contributed by atoms with van der Waals surface area (Å²) in [5.74, 6) is 1.23. The molecule has 2 aliphatic rings. The second-order valence-corrected chi connectivity index (χ2v) is 4.58. The molecule has 1 aromatic carbocycles. The minimum absolute atomic E-state index is 0.0279. The lowest BCUT2D eigenvalue weighted by Crippen LogP contribution is -2.10. The van der Waals surface area contributed by atoms with Crippen LogP contribution in [0.15, 0.2) is 18.2 Å². The Morgan fingerprint density at radius 1 is 1.59 bits per heavy atom. The molecule has 1 aliphatic heterocycles. The molecule has 3 atom stereocenters. The van der Waals surface area contributed by atoms with Crippen molar-refractivity contribution in [3.63, 3.8) is 0 Å². The average molecular weight is 233 g/mol. The number of benzene rings is 1. The summed E-state index contributed by atoms with van der Waals surface area (Å²) in [5.41, 5.74) is 7.49. The number of nitrogen functional groups attached to an aromatic ring is 1. The van der Waals surface area contributed by atoms with Gasteiger partial charge in [0.25, 0.3) is 0 Å². The average Bonchev–Trinajstić information content (AvgIpc) is 3.03. The Bertz CT molecular complexity index is 472. The summed E-state index contributed by atoms with van der Waals surface area (Å²) in [6, 6.07) is 5.64. The van der Waals surface area contributed by atoms with E-state index in [4.69, 9.17) is 15.2 Å². The van der Waals surface area contributed by atoms with E-state index in [1.807, 2.05) is 25.1 Å².